The predicted molar refractivity (Wildman–Crippen MR) is 79.6 cm³/mol. The average molecular weight is 270 g/mol. The highest BCUT2D eigenvalue weighted by atomic mass is 16.2. The molecule has 0 saturated carbocycles. The number of rotatable bonds is 4. The lowest BCUT2D eigenvalue weighted by Crippen LogP contribution is -2.27. The third-order valence-electron chi connectivity index (χ3n) is 3.06. The molecule has 4 nitrogen and oxygen atoms in total. The van der Waals surface area contributed by atoms with Gasteiger partial charge in [0.15, 0.2) is 0 Å². The lowest BCUT2D eigenvalue weighted by atomic mass is 10.0. The molecular weight excluding hydrogens is 252 g/mol. The SMILES string of the molecule is CC(C)CNC(=O)c1ccc2ccc(C(N)=O)cc2c1. The molecule has 0 aliphatic heterocycles. The van der Waals surface area contributed by atoms with E-state index in [-0.39, 0.29) is 5.91 Å². The topological polar surface area (TPSA) is 72.2 Å². The maximum Gasteiger partial charge on any atom is 0.251 e. The molecule has 0 unspecified atom stereocenters. The molecule has 3 N–H and O–H groups in total. The molecule has 0 fully saturated rings. The van der Waals surface area contributed by atoms with Gasteiger partial charge in [0.2, 0.25) is 5.91 Å². The van der Waals surface area contributed by atoms with Crippen LogP contribution >= 0.6 is 0 Å². The number of amides is 2. The summed E-state index contributed by atoms with van der Waals surface area (Å²) in [5, 5.41) is 4.67. The van der Waals surface area contributed by atoms with Crippen LogP contribution < -0.4 is 11.1 Å². The van der Waals surface area contributed by atoms with Crippen molar-refractivity contribution in [3.8, 4) is 0 Å². The minimum atomic E-state index is -0.471. The zero-order valence-electron chi connectivity index (χ0n) is 11.6. The van der Waals surface area contributed by atoms with Gasteiger partial charge in [-0.1, -0.05) is 26.0 Å². The van der Waals surface area contributed by atoms with Gasteiger partial charge in [-0.3, -0.25) is 9.59 Å². The Bertz CT molecular complexity index is 663. The van der Waals surface area contributed by atoms with Gasteiger partial charge in [0, 0.05) is 17.7 Å². The lowest BCUT2D eigenvalue weighted by molar-refractivity contribution is 0.0948. The number of fused-ring (bicyclic) bond motifs is 1. The quantitative estimate of drug-likeness (QED) is 0.895. The van der Waals surface area contributed by atoms with E-state index in [1.165, 1.54) is 0 Å². The minimum absolute atomic E-state index is 0.106. The van der Waals surface area contributed by atoms with Crippen molar-refractivity contribution >= 4 is 22.6 Å². The average Bonchev–Trinajstić information content (AvgIpc) is 2.43. The third-order valence-corrected chi connectivity index (χ3v) is 3.06. The van der Waals surface area contributed by atoms with E-state index in [0.29, 0.717) is 23.6 Å². The van der Waals surface area contributed by atoms with Crippen LogP contribution in [-0.2, 0) is 0 Å². The van der Waals surface area contributed by atoms with Crippen LogP contribution in [0.25, 0.3) is 10.8 Å². The Morgan fingerprint density at radius 3 is 2.25 bits per heavy atom. The fraction of sp³-hybridized carbons (Fsp3) is 0.250. The molecule has 0 aliphatic rings. The largest absolute Gasteiger partial charge is 0.366 e. The maximum absolute atomic E-state index is 12.0. The number of hydrogen-bond donors (Lipinski definition) is 2. The molecule has 0 spiro atoms. The van der Waals surface area contributed by atoms with Gasteiger partial charge in [-0.05, 0) is 41.0 Å². The smallest absolute Gasteiger partial charge is 0.251 e. The maximum atomic E-state index is 12.0. The summed E-state index contributed by atoms with van der Waals surface area (Å²) in [4.78, 5) is 23.2. The van der Waals surface area contributed by atoms with Crippen molar-refractivity contribution < 1.29 is 9.59 Å². The van der Waals surface area contributed by atoms with E-state index in [2.05, 4.69) is 5.32 Å². The second-order valence-electron chi connectivity index (χ2n) is 5.24. The summed E-state index contributed by atoms with van der Waals surface area (Å²) in [6, 6.07) is 10.6. The summed E-state index contributed by atoms with van der Waals surface area (Å²) in [6.45, 7) is 4.72. The second kappa shape index (κ2) is 5.74. The number of carbonyl (C=O) groups is 2. The van der Waals surface area contributed by atoms with Gasteiger partial charge in [-0.15, -0.1) is 0 Å². The van der Waals surface area contributed by atoms with Gasteiger partial charge < -0.3 is 11.1 Å². The molecule has 2 aromatic rings. The molecule has 2 aromatic carbocycles. The highest BCUT2D eigenvalue weighted by Gasteiger charge is 2.08. The summed E-state index contributed by atoms with van der Waals surface area (Å²) in [5.41, 5.74) is 6.29. The van der Waals surface area contributed by atoms with E-state index in [0.717, 1.165) is 10.8 Å². The highest BCUT2D eigenvalue weighted by molar-refractivity contribution is 6.01. The van der Waals surface area contributed by atoms with E-state index >= 15 is 0 Å². The van der Waals surface area contributed by atoms with Crippen molar-refractivity contribution in [3.05, 3.63) is 47.5 Å². The molecule has 0 bridgehead atoms. The molecule has 0 atom stereocenters. The van der Waals surface area contributed by atoms with Crippen LogP contribution in [0, 0.1) is 5.92 Å². The second-order valence-corrected chi connectivity index (χ2v) is 5.24. The van der Waals surface area contributed by atoms with Crippen molar-refractivity contribution in [3.63, 3.8) is 0 Å². The van der Waals surface area contributed by atoms with Gasteiger partial charge in [0.25, 0.3) is 5.91 Å². The minimum Gasteiger partial charge on any atom is -0.366 e. The fourth-order valence-corrected chi connectivity index (χ4v) is 1.94. The van der Waals surface area contributed by atoms with Crippen LogP contribution in [0.15, 0.2) is 36.4 Å². The van der Waals surface area contributed by atoms with Crippen molar-refractivity contribution in [1.82, 2.24) is 5.32 Å². The number of nitrogens with one attached hydrogen (secondary N) is 1. The van der Waals surface area contributed by atoms with E-state index in [9.17, 15) is 9.59 Å². The summed E-state index contributed by atoms with van der Waals surface area (Å²) in [6.07, 6.45) is 0. The monoisotopic (exact) mass is 270 g/mol. The molecule has 0 radical (unpaired) electrons. The Labute approximate surface area is 118 Å². The summed E-state index contributed by atoms with van der Waals surface area (Å²) >= 11 is 0. The Morgan fingerprint density at radius 2 is 1.65 bits per heavy atom. The number of primary amides is 1. The number of carbonyl (C=O) groups excluding carboxylic acids is 2. The van der Waals surface area contributed by atoms with E-state index in [1.54, 1.807) is 24.3 Å². The third kappa shape index (κ3) is 3.15. The summed E-state index contributed by atoms with van der Waals surface area (Å²) in [5.74, 6) is -0.174. The van der Waals surface area contributed by atoms with Crippen molar-refractivity contribution in [1.29, 1.82) is 0 Å². The van der Waals surface area contributed by atoms with Crippen LogP contribution in [0.3, 0.4) is 0 Å². The molecule has 0 heterocycles. The highest BCUT2D eigenvalue weighted by Crippen LogP contribution is 2.18. The van der Waals surface area contributed by atoms with Crippen LogP contribution in [0.2, 0.25) is 0 Å². The molecular formula is C16H18N2O2. The first-order chi connectivity index (χ1) is 9.47. The van der Waals surface area contributed by atoms with Crippen molar-refractivity contribution in [2.45, 2.75) is 13.8 Å². The van der Waals surface area contributed by atoms with Crippen LogP contribution in [0.1, 0.15) is 34.6 Å². The number of hydrogen-bond acceptors (Lipinski definition) is 2. The number of nitrogens with two attached hydrogens (primary N) is 1. The Morgan fingerprint density at radius 1 is 1.05 bits per heavy atom. The van der Waals surface area contributed by atoms with Crippen LogP contribution in [-0.4, -0.2) is 18.4 Å². The molecule has 4 heteroatoms. The normalized spacial score (nSPS) is 10.8. The fourth-order valence-electron chi connectivity index (χ4n) is 1.94. The molecule has 20 heavy (non-hydrogen) atoms. The number of benzene rings is 2. The molecule has 0 aromatic heterocycles. The van der Waals surface area contributed by atoms with Gasteiger partial charge in [-0.25, -0.2) is 0 Å². The van der Waals surface area contributed by atoms with Gasteiger partial charge in [-0.2, -0.15) is 0 Å². The van der Waals surface area contributed by atoms with Gasteiger partial charge in [0.1, 0.15) is 0 Å². The zero-order valence-corrected chi connectivity index (χ0v) is 11.6. The molecule has 0 aliphatic carbocycles. The Kier molecular flexibility index (Phi) is 4.03. The molecule has 2 rings (SSSR count). The molecule has 0 saturated heterocycles. The summed E-state index contributed by atoms with van der Waals surface area (Å²) in [7, 11) is 0. The van der Waals surface area contributed by atoms with Gasteiger partial charge in [0.05, 0.1) is 0 Å². The first-order valence-electron chi connectivity index (χ1n) is 6.59. The first kappa shape index (κ1) is 14.1. The zero-order chi connectivity index (χ0) is 14.7. The Balaban J connectivity index is 2.31. The summed E-state index contributed by atoms with van der Waals surface area (Å²) < 4.78 is 0. The van der Waals surface area contributed by atoms with Gasteiger partial charge >= 0.3 is 0 Å². The van der Waals surface area contributed by atoms with Crippen LogP contribution in [0.5, 0.6) is 0 Å². The first-order valence-corrected chi connectivity index (χ1v) is 6.59. The van der Waals surface area contributed by atoms with E-state index in [4.69, 9.17) is 5.73 Å². The van der Waals surface area contributed by atoms with E-state index < -0.39 is 5.91 Å². The van der Waals surface area contributed by atoms with Crippen LogP contribution in [0.4, 0.5) is 0 Å². The predicted octanol–water partition coefficient (Wildman–Crippen LogP) is 2.32. The molecule has 104 valence electrons. The lowest BCUT2D eigenvalue weighted by Gasteiger charge is -2.08. The molecule has 2 amide bonds. The van der Waals surface area contributed by atoms with Crippen molar-refractivity contribution in [2.24, 2.45) is 11.7 Å². The van der Waals surface area contributed by atoms with Crippen molar-refractivity contribution in [2.75, 3.05) is 6.54 Å². The van der Waals surface area contributed by atoms with E-state index in [1.807, 2.05) is 26.0 Å². The Hall–Kier alpha value is -2.36. The standard InChI is InChI=1S/C16H18N2O2/c1-10(2)9-18-16(20)13-6-4-11-3-5-12(15(17)19)7-14(11)8-13/h3-8,10H,9H2,1-2H3,(H2,17,19)(H,18,20).